The molecule has 1 aromatic rings. The van der Waals surface area contributed by atoms with E-state index < -0.39 is 0 Å². The molecule has 0 unspecified atom stereocenters. The van der Waals surface area contributed by atoms with Crippen LogP contribution in [0.4, 0.5) is 0 Å². The maximum Gasteiger partial charge on any atom is 0.161 e. The van der Waals surface area contributed by atoms with E-state index in [2.05, 4.69) is 10.3 Å². The molecule has 1 atom stereocenters. The number of carbonyl (C=O) groups excluding carboxylic acids is 1. The van der Waals surface area contributed by atoms with Gasteiger partial charge in [0.2, 0.25) is 0 Å². The van der Waals surface area contributed by atoms with Gasteiger partial charge in [-0.05, 0) is 37.8 Å². The molecule has 0 bridgehead atoms. The van der Waals surface area contributed by atoms with Crippen LogP contribution in [0.2, 0.25) is 0 Å². The molecule has 0 amide bonds. The molecule has 1 aliphatic heterocycles. The van der Waals surface area contributed by atoms with E-state index in [9.17, 15) is 4.79 Å². The molecule has 20 heavy (non-hydrogen) atoms. The molecule has 0 aliphatic carbocycles. The number of benzene rings is 1. The first-order chi connectivity index (χ1) is 9.56. The third-order valence-corrected chi connectivity index (χ3v) is 3.82. The summed E-state index contributed by atoms with van der Waals surface area (Å²) in [6.07, 6.45) is 1.96. The van der Waals surface area contributed by atoms with Gasteiger partial charge in [-0.3, -0.25) is 4.79 Å². The topological polar surface area (TPSA) is 50.7 Å². The molecule has 0 aromatic heterocycles. The Morgan fingerprint density at radius 3 is 2.50 bits per heavy atom. The monoisotopic (exact) mass is 290 g/mol. The number of ketones is 1. The minimum absolute atomic E-state index is 0.0414. The molecule has 0 saturated carbocycles. The van der Waals surface area contributed by atoms with Crippen molar-refractivity contribution < 1.29 is 9.53 Å². The second-order valence-electron chi connectivity index (χ2n) is 4.53. The van der Waals surface area contributed by atoms with Gasteiger partial charge in [0.05, 0.1) is 7.11 Å². The van der Waals surface area contributed by atoms with Crippen molar-refractivity contribution in [3.05, 3.63) is 41.1 Å². The lowest BCUT2D eigenvalue weighted by atomic mass is 9.94. The van der Waals surface area contributed by atoms with Gasteiger partial charge in [0, 0.05) is 11.3 Å². The Kier molecular flexibility index (Phi) is 4.49. The highest BCUT2D eigenvalue weighted by molar-refractivity contribution is 8.13. The average molecular weight is 290 g/mol. The lowest BCUT2D eigenvalue weighted by Crippen LogP contribution is -2.28. The number of Topliss-reactive ketones (excluding diaryl/α,β-unsaturated/α-hetero) is 1. The fourth-order valence-electron chi connectivity index (χ4n) is 2.23. The number of allylic oxidation sites excluding steroid dienone is 1. The molecule has 4 nitrogen and oxygen atoms in total. The van der Waals surface area contributed by atoms with Gasteiger partial charge < -0.3 is 10.1 Å². The molecule has 0 spiro atoms. The Bertz CT molecular complexity index is 576. The lowest BCUT2D eigenvalue weighted by molar-refractivity contribution is -0.113. The van der Waals surface area contributed by atoms with Crippen molar-refractivity contribution in [3.63, 3.8) is 0 Å². The van der Waals surface area contributed by atoms with Crippen molar-refractivity contribution in [2.45, 2.75) is 19.9 Å². The first kappa shape index (κ1) is 14.7. The summed E-state index contributed by atoms with van der Waals surface area (Å²) in [4.78, 5) is 16.5. The highest BCUT2D eigenvalue weighted by Gasteiger charge is 2.26. The molecule has 1 aliphatic rings. The van der Waals surface area contributed by atoms with E-state index in [-0.39, 0.29) is 11.8 Å². The van der Waals surface area contributed by atoms with Gasteiger partial charge >= 0.3 is 0 Å². The van der Waals surface area contributed by atoms with Crippen molar-refractivity contribution in [3.8, 4) is 5.75 Å². The van der Waals surface area contributed by atoms with Crippen LogP contribution in [0.5, 0.6) is 5.75 Å². The normalized spacial score (nSPS) is 18.4. The van der Waals surface area contributed by atoms with Gasteiger partial charge in [0.1, 0.15) is 11.8 Å². The van der Waals surface area contributed by atoms with E-state index in [1.807, 2.05) is 37.4 Å². The highest BCUT2D eigenvalue weighted by atomic mass is 32.2. The van der Waals surface area contributed by atoms with Gasteiger partial charge in [-0.1, -0.05) is 23.9 Å². The number of rotatable bonds is 3. The van der Waals surface area contributed by atoms with Gasteiger partial charge in [-0.15, -0.1) is 0 Å². The number of nitrogens with zero attached hydrogens (tertiary/aromatic N) is 1. The number of carbonyl (C=O) groups is 1. The molecule has 1 heterocycles. The summed E-state index contributed by atoms with van der Waals surface area (Å²) in [6, 6.07) is 7.43. The second-order valence-corrected chi connectivity index (χ2v) is 5.33. The highest BCUT2D eigenvalue weighted by Crippen LogP contribution is 2.32. The Hall–Kier alpha value is -1.75. The van der Waals surface area contributed by atoms with Crippen molar-refractivity contribution in [1.29, 1.82) is 0 Å². The average Bonchev–Trinajstić information content (AvgIpc) is 2.46. The van der Waals surface area contributed by atoms with Crippen LogP contribution < -0.4 is 10.1 Å². The van der Waals surface area contributed by atoms with Crippen LogP contribution in [-0.2, 0) is 4.79 Å². The van der Waals surface area contributed by atoms with Gasteiger partial charge in [-0.2, -0.15) is 0 Å². The van der Waals surface area contributed by atoms with Crippen molar-refractivity contribution >= 4 is 22.7 Å². The number of hydrogen-bond acceptors (Lipinski definition) is 5. The summed E-state index contributed by atoms with van der Waals surface area (Å²) < 4.78 is 5.16. The zero-order valence-corrected chi connectivity index (χ0v) is 12.9. The second kappa shape index (κ2) is 6.13. The van der Waals surface area contributed by atoms with E-state index in [1.54, 1.807) is 14.0 Å². The van der Waals surface area contributed by atoms with E-state index >= 15 is 0 Å². The number of amidine groups is 1. The van der Waals surface area contributed by atoms with Crippen LogP contribution in [0, 0.1) is 0 Å². The van der Waals surface area contributed by atoms with Crippen molar-refractivity contribution in [2.75, 3.05) is 13.4 Å². The Balaban J connectivity index is 2.44. The summed E-state index contributed by atoms with van der Waals surface area (Å²) in [5.41, 5.74) is 2.58. The predicted molar refractivity (Wildman–Crippen MR) is 83.2 cm³/mol. The van der Waals surface area contributed by atoms with E-state index in [0.717, 1.165) is 22.2 Å². The maximum absolute atomic E-state index is 11.9. The fourth-order valence-corrected chi connectivity index (χ4v) is 2.70. The Morgan fingerprint density at radius 1 is 1.35 bits per heavy atom. The summed E-state index contributed by atoms with van der Waals surface area (Å²) in [6.45, 7) is 3.49. The van der Waals surface area contributed by atoms with Crippen LogP contribution in [0.1, 0.15) is 25.5 Å². The minimum atomic E-state index is -0.248. The molecule has 106 valence electrons. The number of hydrogen-bond donors (Lipinski definition) is 1. The fraction of sp³-hybridized carbons (Fsp3) is 0.333. The maximum atomic E-state index is 11.9. The van der Waals surface area contributed by atoms with Crippen LogP contribution in [0.3, 0.4) is 0 Å². The molecule has 1 N–H and O–H groups in total. The zero-order chi connectivity index (χ0) is 14.7. The Labute approximate surface area is 123 Å². The van der Waals surface area contributed by atoms with Crippen molar-refractivity contribution in [2.24, 2.45) is 4.99 Å². The summed E-state index contributed by atoms with van der Waals surface area (Å²) in [5.74, 6) is 0.835. The Morgan fingerprint density at radius 2 is 2.00 bits per heavy atom. The number of aliphatic imine (C=N–C) groups is 1. The molecule has 5 heteroatoms. The van der Waals surface area contributed by atoms with E-state index in [0.29, 0.717) is 5.57 Å². The number of thioether (sulfide) groups is 1. The standard InChI is InChI=1S/C15H18N2O2S/c1-9-13(10(2)18)14(17-15(16-9)20-4)11-5-7-12(19-3)8-6-11/h5-8,14H,1-4H3,(H,16,17)/t14-/m1/s1. The summed E-state index contributed by atoms with van der Waals surface area (Å²) in [7, 11) is 1.63. The van der Waals surface area contributed by atoms with Gasteiger partial charge in [0.15, 0.2) is 11.0 Å². The third kappa shape index (κ3) is 2.88. The third-order valence-electron chi connectivity index (χ3n) is 3.22. The SMILES string of the molecule is COc1ccc([C@H]2N=C(SC)NC(C)=C2C(C)=O)cc1. The van der Waals surface area contributed by atoms with Crippen LogP contribution in [-0.4, -0.2) is 24.3 Å². The molecular weight excluding hydrogens is 272 g/mol. The lowest BCUT2D eigenvalue weighted by Gasteiger charge is -2.25. The molecule has 1 aromatic carbocycles. The molecular formula is C15H18N2O2S. The quantitative estimate of drug-likeness (QED) is 0.930. The summed E-state index contributed by atoms with van der Waals surface area (Å²) in [5, 5.41) is 3.99. The molecule has 0 radical (unpaired) electrons. The molecule has 2 rings (SSSR count). The first-order valence-electron chi connectivity index (χ1n) is 6.31. The van der Waals surface area contributed by atoms with E-state index in [4.69, 9.17) is 4.74 Å². The number of nitrogens with one attached hydrogen (secondary N) is 1. The van der Waals surface area contributed by atoms with Crippen LogP contribution in [0.25, 0.3) is 0 Å². The number of ether oxygens (including phenoxy) is 1. The minimum Gasteiger partial charge on any atom is -0.497 e. The van der Waals surface area contributed by atoms with Crippen molar-refractivity contribution in [1.82, 2.24) is 5.32 Å². The molecule has 0 saturated heterocycles. The smallest absolute Gasteiger partial charge is 0.161 e. The first-order valence-corrected chi connectivity index (χ1v) is 7.53. The summed E-state index contributed by atoms with van der Waals surface area (Å²) >= 11 is 1.54. The van der Waals surface area contributed by atoms with Crippen LogP contribution >= 0.6 is 11.8 Å². The zero-order valence-electron chi connectivity index (χ0n) is 12.1. The molecule has 0 fully saturated rings. The van der Waals surface area contributed by atoms with E-state index in [1.165, 1.54) is 11.8 Å². The predicted octanol–water partition coefficient (Wildman–Crippen LogP) is 2.92. The number of methoxy groups -OCH3 is 1. The largest absolute Gasteiger partial charge is 0.497 e. The van der Waals surface area contributed by atoms with Gasteiger partial charge in [-0.25, -0.2) is 4.99 Å². The van der Waals surface area contributed by atoms with Gasteiger partial charge in [0.25, 0.3) is 0 Å². The van der Waals surface area contributed by atoms with Crippen LogP contribution in [0.15, 0.2) is 40.5 Å².